The molecule has 1 aromatic carbocycles. The molecule has 1 rings (SSSR count). The Morgan fingerprint density at radius 2 is 1.85 bits per heavy atom. The molecule has 0 radical (unpaired) electrons. The average molecular weight is 277 g/mol. The second-order valence-corrected chi connectivity index (χ2v) is 5.89. The Bertz CT molecular complexity index is 389. The van der Waals surface area contributed by atoms with E-state index in [9.17, 15) is 0 Å². The van der Waals surface area contributed by atoms with Gasteiger partial charge in [0.05, 0.1) is 12.6 Å². The highest BCUT2D eigenvalue weighted by molar-refractivity contribution is 5.31. The number of likely N-dealkylation sites (N-methyl/N-ethyl adjacent to an activating group) is 1. The van der Waals surface area contributed by atoms with Crippen LogP contribution in [-0.4, -0.2) is 19.8 Å². The largest absolute Gasteiger partial charge is 0.379 e. The molecule has 0 aliphatic carbocycles. The van der Waals surface area contributed by atoms with Gasteiger partial charge in [0.15, 0.2) is 0 Å². The SMILES string of the molecule is CCCC(C)COCC(NCC)c1ccc(C)c(C)c1. The number of hydrogen-bond acceptors (Lipinski definition) is 2. The van der Waals surface area contributed by atoms with E-state index in [1.807, 2.05) is 0 Å². The molecule has 0 fully saturated rings. The quantitative estimate of drug-likeness (QED) is 0.722. The van der Waals surface area contributed by atoms with Crippen molar-refractivity contribution in [1.82, 2.24) is 5.32 Å². The van der Waals surface area contributed by atoms with Crippen LogP contribution in [0.4, 0.5) is 0 Å². The van der Waals surface area contributed by atoms with Gasteiger partial charge in [0.2, 0.25) is 0 Å². The van der Waals surface area contributed by atoms with E-state index in [4.69, 9.17) is 4.74 Å². The van der Waals surface area contributed by atoms with Crippen molar-refractivity contribution in [3.05, 3.63) is 34.9 Å². The lowest BCUT2D eigenvalue weighted by Gasteiger charge is -2.20. The predicted molar refractivity (Wildman–Crippen MR) is 87.2 cm³/mol. The van der Waals surface area contributed by atoms with Crippen LogP contribution in [0.1, 0.15) is 56.3 Å². The van der Waals surface area contributed by atoms with Gasteiger partial charge in [-0.3, -0.25) is 0 Å². The van der Waals surface area contributed by atoms with E-state index in [1.54, 1.807) is 0 Å². The zero-order valence-corrected chi connectivity index (χ0v) is 13.8. The predicted octanol–water partition coefficient (Wildman–Crippen LogP) is 4.41. The number of benzene rings is 1. The molecular formula is C18H31NO. The van der Waals surface area contributed by atoms with Gasteiger partial charge >= 0.3 is 0 Å². The van der Waals surface area contributed by atoms with Crippen LogP contribution in [0.3, 0.4) is 0 Å². The highest BCUT2D eigenvalue weighted by Crippen LogP contribution is 2.18. The van der Waals surface area contributed by atoms with Crippen LogP contribution in [0.5, 0.6) is 0 Å². The normalized spacial score (nSPS) is 14.2. The fraction of sp³-hybridized carbons (Fsp3) is 0.667. The summed E-state index contributed by atoms with van der Waals surface area (Å²) in [5.74, 6) is 0.655. The Hall–Kier alpha value is -0.860. The summed E-state index contributed by atoms with van der Waals surface area (Å²) in [4.78, 5) is 0. The van der Waals surface area contributed by atoms with E-state index >= 15 is 0 Å². The lowest BCUT2D eigenvalue weighted by molar-refractivity contribution is 0.0836. The molecule has 20 heavy (non-hydrogen) atoms. The topological polar surface area (TPSA) is 21.3 Å². The Balaban J connectivity index is 2.57. The number of aryl methyl sites for hydroxylation is 2. The lowest BCUT2D eigenvalue weighted by atomic mass is 10.0. The molecule has 0 bridgehead atoms. The molecule has 1 N–H and O–H groups in total. The van der Waals surface area contributed by atoms with Crippen LogP contribution in [-0.2, 0) is 4.74 Å². The first-order valence-corrected chi connectivity index (χ1v) is 7.96. The number of nitrogens with one attached hydrogen (secondary N) is 1. The third-order valence-electron chi connectivity index (χ3n) is 3.85. The first-order chi connectivity index (χ1) is 9.58. The van der Waals surface area contributed by atoms with E-state index in [1.165, 1.54) is 29.5 Å². The molecule has 114 valence electrons. The van der Waals surface area contributed by atoms with Crippen LogP contribution in [0, 0.1) is 19.8 Å². The van der Waals surface area contributed by atoms with Gasteiger partial charge in [-0.25, -0.2) is 0 Å². The maximum absolute atomic E-state index is 5.92. The summed E-state index contributed by atoms with van der Waals surface area (Å²) >= 11 is 0. The average Bonchev–Trinajstić information content (AvgIpc) is 2.41. The lowest BCUT2D eigenvalue weighted by Crippen LogP contribution is -2.26. The van der Waals surface area contributed by atoms with E-state index in [-0.39, 0.29) is 0 Å². The zero-order valence-electron chi connectivity index (χ0n) is 13.8. The van der Waals surface area contributed by atoms with Crippen LogP contribution < -0.4 is 5.32 Å². The van der Waals surface area contributed by atoms with Crippen molar-refractivity contribution >= 4 is 0 Å². The third kappa shape index (κ3) is 5.64. The minimum Gasteiger partial charge on any atom is -0.379 e. The number of rotatable bonds is 9. The monoisotopic (exact) mass is 277 g/mol. The number of ether oxygens (including phenoxy) is 1. The summed E-state index contributed by atoms with van der Waals surface area (Å²) in [6, 6.07) is 7.00. The molecule has 2 heteroatoms. The van der Waals surface area contributed by atoms with Crippen molar-refractivity contribution < 1.29 is 4.74 Å². The van der Waals surface area contributed by atoms with Crippen LogP contribution in [0.15, 0.2) is 18.2 Å². The Morgan fingerprint density at radius 1 is 1.10 bits per heavy atom. The van der Waals surface area contributed by atoms with Gasteiger partial charge in [-0.1, -0.05) is 45.4 Å². The van der Waals surface area contributed by atoms with E-state index in [2.05, 4.69) is 58.1 Å². The molecule has 0 aromatic heterocycles. The summed E-state index contributed by atoms with van der Waals surface area (Å²) < 4.78 is 5.92. The van der Waals surface area contributed by atoms with Crippen molar-refractivity contribution in [1.29, 1.82) is 0 Å². The highest BCUT2D eigenvalue weighted by Gasteiger charge is 2.12. The van der Waals surface area contributed by atoms with Crippen molar-refractivity contribution in [3.8, 4) is 0 Å². The molecule has 2 nitrogen and oxygen atoms in total. The molecule has 0 spiro atoms. The number of hydrogen-bond donors (Lipinski definition) is 1. The second kappa shape index (κ2) is 9.15. The molecule has 0 aliphatic rings. The maximum atomic E-state index is 5.92. The minimum atomic E-state index is 0.299. The summed E-state index contributed by atoms with van der Waals surface area (Å²) in [6.45, 7) is 13.6. The summed E-state index contributed by atoms with van der Waals surface area (Å²) in [7, 11) is 0. The van der Waals surface area contributed by atoms with Crippen molar-refractivity contribution in [2.45, 2.75) is 53.5 Å². The molecular weight excluding hydrogens is 246 g/mol. The Kier molecular flexibility index (Phi) is 7.86. The zero-order chi connectivity index (χ0) is 15.0. The van der Waals surface area contributed by atoms with Crippen molar-refractivity contribution in [2.75, 3.05) is 19.8 Å². The standard InChI is InChI=1S/C18H31NO/c1-6-8-14(3)12-20-13-18(19-7-2)17-10-9-15(4)16(5)11-17/h9-11,14,18-19H,6-8,12-13H2,1-5H3. The summed E-state index contributed by atoms with van der Waals surface area (Å²) in [5.41, 5.74) is 4.03. The van der Waals surface area contributed by atoms with Crippen LogP contribution in [0.2, 0.25) is 0 Å². The van der Waals surface area contributed by atoms with Crippen LogP contribution >= 0.6 is 0 Å². The Morgan fingerprint density at radius 3 is 2.45 bits per heavy atom. The molecule has 0 saturated carbocycles. The molecule has 1 aromatic rings. The van der Waals surface area contributed by atoms with Gasteiger partial charge in [-0.2, -0.15) is 0 Å². The van der Waals surface area contributed by atoms with E-state index in [0.29, 0.717) is 12.0 Å². The molecule has 0 heterocycles. The van der Waals surface area contributed by atoms with E-state index < -0.39 is 0 Å². The third-order valence-corrected chi connectivity index (χ3v) is 3.85. The first kappa shape index (κ1) is 17.2. The van der Waals surface area contributed by atoms with Crippen molar-refractivity contribution in [2.24, 2.45) is 5.92 Å². The summed E-state index contributed by atoms with van der Waals surface area (Å²) in [6.07, 6.45) is 2.48. The van der Waals surface area contributed by atoms with Crippen molar-refractivity contribution in [3.63, 3.8) is 0 Å². The van der Waals surface area contributed by atoms with Gasteiger partial charge in [-0.15, -0.1) is 0 Å². The Labute approximate surface area is 124 Å². The molecule has 2 unspecified atom stereocenters. The fourth-order valence-corrected chi connectivity index (χ4v) is 2.46. The first-order valence-electron chi connectivity index (χ1n) is 7.96. The van der Waals surface area contributed by atoms with Gasteiger partial charge in [0.25, 0.3) is 0 Å². The second-order valence-electron chi connectivity index (χ2n) is 5.89. The van der Waals surface area contributed by atoms with Gasteiger partial charge in [0, 0.05) is 6.61 Å². The van der Waals surface area contributed by atoms with Crippen LogP contribution in [0.25, 0.3) is 0 Å². The molecule has 0 aliphatic heterocycles. The highest BCUT2D eigenvalue weighted by atomic mass is 16.5. The molecule has 0 amide bonds. The van der Waals surface area contributed by atoms with Gasteiger partial charge < -0.3 is 10.1 Å². The smallest absolute Gasteiger partial charge is 0.0661 e. The van der Waals surface area contributed by atoms with Gasteiger partial charge in [0.1, 0.15) is 0 Å². The molecule has 2 atom stereocenters. The summed E-state index contributed by atoms with van der Waals surface area (Å²) in [5, 5.41) is 3.53. The fourth-order valence-electron chi connectivity index (χ4n) is 2.46. The molecule has 0 saturated heterocycles. The minimum absolute atomic E-state index is 0.299. The van der Waals surface area contributed by atoms with Gasteiger partial charge in [-0.05, 0) is 49.4 Å². The maximum Gasteiger partial charge on any atom is 0.0661 e. The van der Waals surface area contributed by atoms with E-state index in [0.717, 1.165) is 19.8 Å².